The maximum Gasteiger partial charge on any atom is 0.145 e. The van der Waals surface area contributed by atoms with Gasteiger partial charge in [-0.05, 0) is 0 Å². The molecule has 0 bridgehead atoms. The zero-order valence-corrected chi connectivity index (χ0v) is 13.3. The van der Waals surface area contributed by atoms with Crippen molar-refractivity contribution in [1.82, 2.24) is 0 Å². The molecular weight excluding hydrogens is 515 g/mol. The summed E-state index contributed by atoms with van der Waals surface area (Å²) in [4.78, 5) is 0. The summed E-state index contributed by atoms with van der Waals surface area (Å²) in [5, 5.41) is 0. The molecule has 0 N–H and O–H groups in total. The van der Waals surface area contributed by atoms with Crippen molar-refractivity contribution in [2.45, 2.75) is 4.29 Å². The molecule has 0 atom stereocenters. The molecule has 0 aliphatic rings. The molecule has 0 unspecified atom stereocenters. The molecule has 0 heterocycles. The van der Waals surface area contributed by atoms with Crippen molar-refractivity contribution in [1.29, 1.82) is 0 Å². The van der Waals surface area contributed by atoms with E-state index in [1.165, 1.54) is 0 Å². The Hall–Kier alpha value is 2.88. The molecule has 0 saturated heterocycles. The van der Waals surface area contributed by atoms with E-state index < -0.39 is 4.29 Å². The smallest absolute Gasteiger partial charge is 0.0591 e. The fourth-order valence-corrected chi connectivity index (χ4v) is 4.34. The highest BCUT2D eigenvalue weighted by atomic mass is 80.0. The lowest BCUT2D eigenvalue weighted by Crippen LogP contribution is -2.12. The summed E-state index contributed by atoms with van der Waals surface area (Å²) < 4.78 is -0.938. The Morgan fingerprint density at radius 3 is 0.889 bits per heavy atom. The van der Waals surface area contributed by atoms with Crippen molar-refractivity contribution in [3.05, 3.63) is 6.42 Å². The Balaban J connectivity index is 3.75. The molecular formula is C3Br6. The van der Waals surface area contributed by atoms with Crippen molar-refractivity contribution in [3.63, 3.8) is 0 Å². The van der Waals surface area contributed by atoms with E-state index in [9.17, 15) is 0 Å². The first-order chi connectivity index (χ1) is 3.71. The molecule has 0 fully saturated rings. The molecule has 0 spiro atoms. The van der Waals surface area contributed by atoms with Gasteiger partial charge < -0.3 is 0 Å². The van der Waals surface area contributed by atoms with Crippen LogP contribution in [0.5, 0.6) is 0 Å². The van der Waals surface area contributed by atoms with Gasteiger partial charge in [0.15, 0.2) is 0 Å². The number of halogens is 6. The van der Waals surface area contributed by atoms with Crippen LogP contribution in [0.25, 0.3) is 0 Å². The molecule has 0 aliphatic carbocycles. The Bertz CT molecular complexity index is 73.5. The average Bonchev–Trinajstić information content (AvgIpc) is 1.14. The van der Waals surface area contributed by atoms with Crippen molar-refractivity contribution < 1.29 is 0 Å². The van der Waals surface area contributed by atoms with Crippen LogP contribution in [-0.2, 0) is 0 Å². The first kappa shape index (κ1) is 11.9. The number of hydrogen-bond donors (Lipinski definition) is 0. The van der Waals surface area contributed by atoms with Crippen LogP contribution in [0.3, 0.4) is 0 Å². The van der Waals surface area contributed by atoms with Crippen LogP contribution < -0.4 is 0 Å². The Morgan fingerprint density at radius 1 is 0.667 bits per heavy atom. The molecule has 0 aromatic rings. The van der Waals surface area contributed by atoms with Crippen LogP contribution in [0.15, 0.2) is 0 Å². The highest BCUT2D eigenvalue weighted by molar-refractivity contribution is 9.41. The van der Waals surface area contributed by atoms with Gasteiger partial charge in [0, 0.05) is 0 Å². The summed E-state index contributed by atoms with van der Waals surface area (Å²) in [6, 6.07) is 0. The highest BCUT2D eigenvalue weighted by Gasteiger charge is 2.31. The van der Waals surface area contributed by atoms with E-state index in [0.717, 1.165) is 0 Å². The third-order valence-electron chi connectivity index (χ3n) is 0.283. The summed E-state index contributed by atoms with van der Waals surface area (Å²) >= 11 is 19.5. The maximum absolute atomic E-state index is 3.25. The lowest BCUT2D eigenvalue weighted by molar-refractivity contribution is 1.31. The summed E-state index contributed by atoms with van der Waals surface area (Å²) in [6.07, 6.45) is 2.96. The van der Waals surface area contributed by atoms with Gasteiger partial charge in [-0.1, -0.05) is 95.6 Å². The zero-order chi connectivity index (χ0) is 7.71. The molecule has 0 saturated carbocycles. The second kappa shape index (κ2) is 4.21. The Labute approximate surface area is 105 Å². The van der Waals surface area contributed by atoms with Gasteiger partial charge in [0.1, 0.15) is 4.29 Å². The van der Waals surface area contributed by atoms with Gasteiger partial charge in [0.25, 0.3) is 0 Å². The van der Waals surface area contributed by atoms with Gasteiger partial charge in [-0.25, -0.2) is 0 Å². The van der Waals surface area contributed by atoms with E-state index >= 15 is 0 Å². The van der Waals surface area contributed by atoms with Crippen LogP contribution in [-0.4, -0.2) is 4.29 Å². The fourth-order valence-electron chi connectivity index (χ4n) is 0.161. The first-order valence-corrected chi connectivity index (χ1v) is 6.39. The zero-order valence-electron chi connectivity index (χ0n) is 3.77. The molecule has 0 aromatic heterocycles. The van der Waals surface area contributed by atoms with E-state index in [2.05, 4.69) is 102 Å². The Morgan fingerprint density at radius 2 is 0.889 bits per heavy atom. The maximum atomic E-state index is 3.25. The van der Waals surface area contributed by atoms with Crippen molar-refractivity contribution >= 4 is 95.6 Å². The SMILES string of the molecule is BrC(Br)(Br)[C]C(Br)(Br)Br. The summed E-state index contributed by atoms with van der Waals surface area (Å²) in [5.41, 5.74) is 0. The van der Waals surface area contributed by atoms with Gasteiger partial charge >= 0.3 is 0 Å². The number of rotatable bonds is 0. The molecule has 0 amide bonds. The van der Waals surface area contributed by atoms with E-state index in [1.54, 1.807) is 0 Å². The molecule has 0 nitrogen and oxygen atoms in total. The van der Waals surface area contributed by atoms with Gasteiger partial charge in [0.05, 0.1) is 6.42 Å². The van der Waals surface area contributed by atoms with Crippen LogP contribution >= 0.6 is 95.6 Å². The predicted molar refractivity (Wildman–Crippen MR) is 62.3 cm³/mol. The van der Waals surface area contributed by atoms with Gasteiger partial charge in [0.2, 0.25) is 0 Å². The van der Waals surface area contributed by atoms with E-state index in [1.807, 2.05) is 0 Å². The molecule has 6 heteroatoms. The largest absolute Gasteiger partial charge is 0.145 e. The Kier molecular flexibility index (Phi) is 5.56. The van der Waals surface area contributed by atoms with Crippen molar-refractivity contribution in [3.8, 4) is 0 Å². The topological polar surface area (TPSA) is 0 Å². The molecule has 0 aliphatic heterocycles. The van der Waals surface area contributed by atoms with E-state index in [4.69, 9.17) is 0 Å². The fraction of sp³-hybridized carbons (Fsp3) is 0.667. The van der Waals surface area contributed by atoms with Crippen LogP contribution in [0.2, 0.25) is 0 Å². The lowest BCUT2D eigenvalue weighted by atomic mass is 10.6. The average molecular weight is 515 g/mol. The van der Waals surface area contributed by atoms with Crippen LogP contribution in [0.4, 0.5) is 0 Å². The lowest BCUT2D eigenvalue weighted by Gasteiger charge is -2.17. The first-order valence-electron chi connectivity index (χ1n) is 1.63. The quantitative estimate of drug-likeness (QED) is 0.409. The van der Waals surface area contributed by atoms with Crippen LogP contribution in [0.1, 0.15) is 0 Å². The second-order valence-electron chi connectivity index (χ2n) is 1.12. The highest BCUT2D eigenvalue weighted by Crippen LogP contribution is 2.48. The predicted octanol–water partition coefficient (Wildman–Crippen LogP) is 4.74. The van der Waals surface area contributed by atoms with Gasteiger partial charge in [-0.15, -0.1) is 0 Å². The summed E-state index contributed by atoms with van der Waals surface area (Å²) in [6.45, 7) is 0. The van der Waals surface area contributed by atoms with Gasteiger partial charge in [-0.3, -0.25) is 0 Å². The van der Waals surface area contributed by atoms with Crippen molar-refractivity contribution in [2.75, 3.05) is 0 Å². The summed E-state index contributed by atoms with van der Waals surface area (Å²) in [5.74, 6) is 0. The minimum absolute atomic E-state index is 0.469. The molecule has 54 valence electrons. The minimum atomic E-state index is -0.469. The minimum Gasteiger partial charge on any atom is -0.0591 e. The van der Waals surface area contributed by atoms with Crippen molar-refractivity contribution in [2.24, 2.45) is 0 Å². The normalized spacial score (nSPS) is 14.0. The molecule has 0 aromatic carbocycles. The second-order valence-corrected chi connectivity index (χ2v) is 14.6. The molecule has 9 heavy (non-hydrogen) atoms. The number of hydrogen-bond acceptors (Lipinski definition) is 0. The third-order valence-corrected chi connectivity index (χ3v) is 1.47. The molecule has 0 rings (SSSR count). The van der Waals surface area contributed by atoms with Crippen LogP contribution in [0, 0.1) is 6.42 Å². The van der Waals surface area contributed by atoms with E-state index in [-0.39, 0.29) is 0 Å². The third kappa shape index (κ3) is 10.9. The number of alkyl halides is 6. The van der Waals surface area contributed by atoms with E-state index in [0.29, 0.717) is 0 Å². The summed E-state index contributed by atoms with van der Waals surface area (Å²) in [7, 11) is 0. The monoisotopic (exact) mass is 510 g/mol. The van der Waals surface area contributed by atoms with Gasteiger partial charge in [-0.2, -0.15) is 0 Å². The molecule has 2 radical (unpaired) electrons. The standard InChI is InChI=1S/C3Br6/c4-2(5,6)1-3(7,8)9.